The summed E-state index contributed by atoms with van der Waals surface area (Å²) in [4.78, 5) is 23.8. The maximum absolute atomic E-state index is 10.9. The van der Waals surface area contributed by atoms with E-state index in [4.69, 9.17) is 5.73 Å². The van der Waals surface area contributed by atoms with Gasteiger partial charge in [-0.2, -0.15) is 0 Å². The number of rotatable bonds is 4. The molecule has 1 aliphatic rings. The molecule has 1 saturated heterocycles. The number of hydrogen-bond donors (Lipinski definition) is 1. The molecule has 1 fully saturated rings. The average Bonchev–Trinajstić information content (AvgIpc) is 2.39. The van der Waals surface area contributed by atoms with Crippen LogP contribution in [0.4, 0.5) is 5.82 Å². The van der Waals surface area contributed by atoms with Crippen LogP contribution in [0.5, 0.6) is 0 Å². The molecule has 2 N–H and O–H groups in total. The van der Waals surface area contributed by atoms with E-state index in [1.54, 1.807) is 6.20 Å². The lowest BCUT2D eigenvalue weighted by Crippen LogP contribution is -2.39. The van der Waals surface area contributed by atoms with Gasteiger partial charge in [-0.05, 0) is 25.9 Å². The Morgan fingerprint density at radius 2 is 2.11 bits per heavy atom. The number of anilines is 1. The molecule has 0 aromatic carbocycles. The molecule has 0 atom stereocenters. The first-order chi connectivity index (χ1) is 9.06. The Balaban J connectivity index is 1.97. The van der Waals surface area contributed by atoms with E-state index >= 15 is 0 Å². The second-order valence-corrected chi connectivity index (χ2v) is 5.21. The van der Waals surface area contributed by atoms with E-state index in [0.29, 0.717) is 12.5 Å². The van der Waals surface area contributed by atoms with Gasteiger partial charge in [0, 0.05) is 26.2 Å². The molecule has 0 saturated carbocycles. The molecular weight excluding hydrogens is 242 g/mol. The van der Waals surface area contributed by atoms with Crippen molar-refractivity contribution in [2.24, 2.45) is 5.73 Å². The molecule has 0 aliphatic carbocycles. The molecule has 0 radical (unpaired) electrons. The normalized spacial score (nSPS) is 17.4. The maximum Gasteiger partial charge on any atom is 0.231 e. The molecule has 104 valence electrons. The largest absolute Gasteiger partial charge is 0.369 e. The third-order valence-electron chi connectivity index (χ3n) is 3.48. The Morgan fingerprint density at radius 1 is 1.42 bits per heavy atom. The van der Waals surface area contributed by atoms with Crippen LogP contribution in [0.15, 0.2) is 12.4 Å². The zero-order valence-electron chi connectivity index (χ0n) is 11.5. The van der Waals surface area contributed by atoms with Gasteiger partial charge in [0.2, 0.25) is 5.91 Å². The third-order valence-corrected chi connectivity index (χ3v) is 3.48. The number of nitrogens with two attached hydrogens (primary N) is 1. The van der Waals surface area contributed by atoms with Gasteiger partial charge in [-0.3, -0.25) is 14.7 Å². The Labute approximate surface area is 113 Å². The lowest BCUT2D eigenvalue weighted by molar-refractivity contribution is -0.119. The number of likely N-dealkylation sites (tertiary alicyclic amines) is 1. The van der Waals surface area contributed by atoms with Gasteiger partial charge in [0.1, 0.15) is 5.82 Å². The summed E-state index contributed by atoms with van der Waals surface area (Å²) in [5.41, 5.74) is 6.26. The molecule has 2 heterocycles. The van der Waals surface area contributed by atoms with E-state index in [0.717, 1.165) is 37.4 Å². The standard InChI is InChI=1S/C13H21N5O/c1-17(2)13-8-15-7-11(16-13)10-3-5-18(6-4-10)9-12(14)19/h7-8,10H,3-6,9H2,1-2H3,(H2,14,19). The molecule has 0 unspecified atom stereocenters. The van der Waals surface area contributed by atoms with Gasteiger partial charge in [-0.1, -0.05) is 0 Å². The van der Waals surface area contributed by atoms with Crippen molar-refractivity contribution in [1.29, 1.82) is 0 Å². The highest BCUT2D eigenvalue weighted by Crippen LogP contribution is 2.26. The van der Waals surface area contributed by atoms with Crippen LogP contribution < -0.4 is 10.6 Å². The number of carbonyl (C=O) groups excluding carboxylic acids is 1. The Bertz CT molecular complexity index is 440. The zero-order chi connectivity index (χ0) is 13.8. The predicted octanol–water partition coefficient (Wildman–Crippen LogP) is 0.207. The fourth-order valence-corrected chi connectivity index (χ4v) is 2.39. The van der Waals surface area contributed by atoms with Gasteiger partial charge in [0.15, 0.2) is 0 Å². The highest BCUT2D eigenvalue weighted by Gasteiger charge is 2.22. The fraction of sp³-hybridized carbons (Fsp3) is 0.615. The van der Waals surface area contributed by atoms with Gasteiger partial charge in [0.05, 0.1) is 18.4 Å². The Morgan fingerprint density at radius 3 is 2.68 bits per heavy atom. The van der Waals surface area contributed by atoms with Crippen LogP contribution in [0.25, 0.3) is 0 Å². The van der Waals surface area contributed by atoms with E-state index in [9.17, 15) is 4.79 Å². The lowest BCUT2D eigenvalue weighted by atomic mass is 9.94. The first kappa shape index (κ1) is 13.7. The van der Waals surface area contributed by atoms with Crippen molar-refractivity contribution in [3.8, 4) is 0 Å². The van der Waals surface area contributed by atoms with Gasteiger partial charge in [-0.15, -0.1) is 0 Å². The van der Waals surface area contributed by atoms with E-state index in [1.165, 1.54) is 0 Å². The summed E-state index contributed by atoms with van der Waals surface area (Å²) in [5.74, 6) is 1.06. The van der Waals surface area contributed by atoms with Crippen molar-refractivity contribution in [1.82, 2.24) is 14.9 Å². The van der Waals surface area contributed by atoms with Crippen LogP contribution in [0.1, 0.15) is 24.5 Å². The molecule has 19 heavy (non-hydrogen) atoms. The molecule has 2 rings (SSSR count). The van der Waals surface area contributed by atoms with Crippen LogP contribution in [0.3, 0.4) is 0 Å². The minimum atomic E-state index is -0.257. The number of aromatic nitrogens is 2. The van der Waals surface area contributed by atoms with E-state index in [-0.39, 0.29) is 5.91 Å². The minimum Gasteiger partial charge on any atom is -0.369 e. The number of piperidine rings is 1. The SMILES string of the molecule is CN(C)c1cncc(C2CCN(CC(N)=O)CC2)n1. The molecule has 1 aromatic rings. The van der Waals surface area contributed by atoms with Crippen molar-refractivity contribution in [2.45, 2.75) is 18.8 Å². The number of nitrogens with zero attached hydrogens (tertiary/aromatic N) is 4. The molecule has 1 aromatic heterocycles. The monoisotopic (exact) mass is 263 g/mol. The van der Waals surface area contributed by atoms with Crippen molar-refractivity contribution in [3.05, 3.63) is 18.1 Å². The minimum absolute atomic E-state index is 0.257. The highest BCUT2D eigenvalue weighted by atomic mass is 16.1. The first-order valence-corrected chi connectivity index (χ1v) is 6.56. The fourth-order valence-electron chi connectivity index (χ4n) is 2.39. The van der Waals surface area contributed by atoms with Crippen LogP contribution in [0, 0.1) is 0 Å². The number of primary amides is 1. The highest BCUT2D eigenvalue weighted by molar-refractivity contribution is 5.75. The van der Waals surface area contributed by atoms with Crippen molar-refractivity contribution >= 4 is 11.7 Å². The molecule has 1 amide bonds. The smallest absolute Gasteiger partial charge is 0.231 e. The van der Waals surface area contributed by atoms with E-state index in [2.05, 4.69) is 14.9 Å². The summed E-state index contributed by atoms with van der Waals surface area (Å²) in [6.45, 7) is 2.14. The van der Waals surface area contributed by atoms with Crippen molar-refractivity contribution in [2.75, 3.05) is 38.6 Å². The second kappa shape index (κ2) is 5.97. The Kier molecular flexibility index (Phi) is 4.31. The molecule has 0 bridgehead atoms. The molecule has 6 heteroatoms. The number of amides is 1. The van der Waals surface area contributed by atoms with Crippen LogP contribution in [-0.2, 0) is 4.79 Å². The first-order valence-electron chi connectivity index (χ1n) is 6.56. The summed E-state index contributed by atoms with van der Waals surface area (Å²) < 4.78 is 0. The molecule has 1 aliphatic heterocycles. The van der Waals surface area contributed by atoms with Gasteiger partial charge in [0.25, 0.3) is 0 Å². The molecular formula is C13H21N5O. The van der Waals surface area contributed by atoms with Crippen molar-refractivity contribution in [3.63, 3.8) is 0 Å². The number of carbonyl (C=O) groups is 1. The Hall–Kier alpha value is -1.69. The summed E-state index contributed by atoms with van der Waals surface area (Å²) in [6.07, 6.45) is 5.62. The summed E-state index contributed by atoms with van der Waals surface area (Å²) >= 11 is 0. The van der Waals surface area contributed by atoms with Gasteiger partial charge in [-0.25, -0.2) is 4.98 Å². The van der Waals surface area contributed by atoms with Gasteiger partial charge < -0.3 is 10.6 Å². The lowest BCUT2D eigenvalue weighted by Gasteiger charge is -2.30. The quantitative estimate of drug-likeness (QED) is 0.840. The van der Waals surface area contributed by atoms with Crippen LogP contribution in [0.2, 0.25) is 0 Å². The molecule has 6 nitrogen and oxygen atoms in total. The van der Waals surface area contributed by atoms with Gasteiger partial charge >= 0.3 is 0 Å². The molecule has 0 spiro atoms. The van der Waals surface area contributed by atoms with Crippen LogP contribution >= 0.6 is 0 Å². The summed E-state index contributed by atoms with van der Waals surface area (Å²) in [6, 6.07) is 0. The zero-order valence-corrected chi connectivity index (χ0v) is 11.5. The summed E-state index contributed by atoms with van der Waals surface area (Å²) in [5, 5.41) is 0. The van der Waals surface area contributed by atoms with E-state index in [1.807, 2.05) is 25.2 Å². The topological polar surface area (TPSA) is 75.3 Å². The number of hydrogen-bond acceptors (Lipinski definition) is 5. The summed E-state index contributed by atoms with van der Waals surface area (Å²) in [7, 11) is 3.92. The van der Waals surface area contributed by atoms with Crippen LogP contribution in [-0.4, -0.2) is 54.5 Å². The van der Waals surface area contributed by atoms with Crippen molar-refractivity contribution < 1.29 is 4.79 Å². The second-order valence-electron chi connectivity index (χ2n) is 5.21. The maximum atomic E-state index is 10.9. The average molecular weight is 263 g/mol. The third kappa shape index (κ3) is 3.64. The van der Waals surface area contributed by atoms with E-state index < -0.39 is 0 Å². The predicted molar refractivity (Wildman–Crippen MR) is 74.0 cm³/mol.